The summed E-state index contributed by atoms with van der Waals surface area (Å²) in [6, 6.07) is 11.7. The van der Waals surface area contributed by atoms with E-state index in [9.17, 15) is 4.79 Å². The normalized spacial score (nSPS) is 10.6. The minimum Gasteiger partial charge on any atom is -0.337 e. The Hall–Kier alpha value is -2.22. The fourth-order valence-electron chi connectivity index (χ4n) is 2.62. The Morgan fingerprint density at radius 1 is 1.19 bits per heavy atom. The first-order chi connectivity index (χ1) is 12.3. The third kappa shape index (κ3) is 3.95. The van der Waals surface area contributed by atoms with Gasteiger partial charge in [-0.2, -0.15) is 0 Å². The van der Waals surface area contributed by atoms with E-state index in [1.807, 2.05) is 52.5 Å². The Kier molecular flexibility index (Phi) is 6.03. The fraction of sp³-hybridized carbons (Fsp3) is 0.167. The standard InChI is InChI=1S/C18H16N4OS2.ClH/c23-17(16-7-3-12-24-16)22(10-4-9-21-11-8-19-13-21)18-20-14-5-1-2-6-15(14)25-18;/h1-3,5-8,11-13H,4,9-10H2;1H. The average Bonchev–Trinajstić information content (AvgIpc) is 3.39. The van der Waals surface area contributed by atoms with Gasteiger partial charge in [-0.1, -0.05) is 29.5 Å². The van der Waals surface area contributed by atoms with Gasteiger partial charge in [-0.15, -0.1) is 23.7 Å². The SMILES string of the molecule is Cl.O=C(c1cccs1)N(CCCn1ccnc1)c1nc2ccccc2s1. The summed E-state index contributed by atoms with van der Waals surface area (Å²) in [4.78, 5) is 24.2. The number of para-hydroxylation sites is 1. The molecule has 0 saturated heterocycles. The minimum atomic E-state index is 0. The van der Waals surface area contributed by atoms with Crippen LogP contribution in [0, 0.1) is 0 Å². The molecule has 0 bridgehead atoms. The van der Waals surface area contributed by atoms with E-state index in [1.165, 1.54) is 11.3 Å². The number of aryl methyl sites for hydroxylation is 1. The number of halogens is 1. The molecule has 0 fully saturated rings. The lowest BCUT2D eigenvalue weighted by atomic mass is 10.3. The molecule has 0 aliphatic rings. The van der Waals surface area contributed by atoms with Crippen molar-refractivity contribution in [1.82, 2.24) is 14.5 Å². The molecular weight excluding hydrogens is 388 g/mol. The molecule has 8 heteroatoms. The van der Waals surface area contributed by atoms with Crippen molar-refractivity contribution >= 4 is 56.3 Å². The molecule has 0 saturated carbocycles. The molecule has 0 unspecified atom stereocenters. The summed E-state index contributed by atoms with van der Waals surface area (Å²) in [6.07, 6.45) is 6.33. The van der Waals surface area contributed by atoms with Crippen LogP contribution in [0.1, 0.15) is 16.1 Å². The van der Waals surface area contributed by atoms with E-state index in [2.05, 4.69) is 9.97 Å². The molecule has 0 spiro atoms. The minimum absolute atomic E-state index is 0. The number of amides is 1. The number of carbonyl (C=O) groups excluding carboxylic acids is 1. The van der Waals surface area contributed by atoms with Crippen LogP contribution in [0.5, 0.6) is 0 Å². The molecule has 3 aromatic heterocycles. The Bertz CT molecular complexity index is 933. The van der Waals surface area contributed by atoms with Gasteiger partial charge in [0.05, 0.1) is 21.4 Å². The maximum atomic E-state index is 13.0. The zero-order valence-electron chi connectivity index (χ0n) is 13.8. The molecule has 0 N–H and O–H groups in total. The first-order valence-electron chi connectivity index (χ1n) is 7.98. The fourth-order valence-corrected chi connectivity index (χ4v) is 4.29. The number of hydrogen-bond acceptors (Lipinski definition) is 5. The highest BCUT2D eigenvalue weighted by Crippen LogP contribution is 2.30. The Balaban J connectivity index is 0.00000196. The topological polar surface area (TPSA) is 51.0 Å². The predicted octanol–water partition coefficient (Wildman–Crippen LogP) is 4.71. The van der Waals surface area contributed by atoms with Crippen LogP contribution in [0.4, 0.5) is 5.13 Å². The molecule has 26 heavy (non-hydrogen) atoms. The highest BCUT2D eigenvalue weighted by molar-refractivity contribution is 7.22. The molecule has 0 aliphatic carbocycles. The van der Waals surface area contributed by atoms with E-state index in [4.69, 9.17) is 0 Å². The molecule has 0 atom stereocenters. The summed E-state index contributed by atoms with van der Waals surface area (Å²) in [5.41, 5.74) is 0.932. The lowest BCUT2D eigenvalue weighted by molar-refractivity contribution is 0.0990. The van der Waals surface area contributed by atoms with Crippen molar-refractivity contribution in [2.24, 2.45) is 0 Å². The largest absolute Gasteiger partial charge is 0.337 e. The Labute approximate surface area is 165 Å². The molecule has 0 radical (unpaired) electrons. The quantitative estimate of drug-likeness (QED) is 0.467. The van der Waals surface area contributed by atoms with E-state index in [0.717, 1.165) is 33.2 Å². The third-order valence-corrected chi connectivity index (χ3v) is 5.77. The summed E-state index contributed by atoms with van der Waals surface area (Å²) in [7, 11) is 0. The van der Waals surface area contributed by atoms with Crippen LogP contribution in [0.15, 0.2) is 60.5 Å². The van der Waals surface area contributed by atoms with Crippen molar-refractivity contribution in [3.05, 3.63) is 65.4 Å². The second-order valence-electron chi connectivity index (χ2n) is 5.55. The lowest BCUT2D eigenvalue weighted by Crippen LogP contribution is -2.31. The van der Waals surface area contributed by atoms with Crippen molar-refractivity contribution < 1.29 is 4.79 Å². The first-order valence-corrected chi connectivity index (χ1v) is 9.67. The summed E-state index contributed by atoms with van der Waals surface area (Å²) < 4.78 is 3.11. The van der Waals surface area contributed by atoms with Gasteiger partial charge in [-0.3, -0.25) is 9.69 Å². The monoisotopic (exact) mass is 404 g/mol. The maximum absolute atomic E-state index is 13.0. The highest BCUT2D eigenvalue weighted by Gasteiger charge is 2.21. The van der Waals surface area contributed by atoms with Gasteiger partial charge in [0.25, 0.3) is 5.91 Å². The van der Waals surface area contributed by atoms with E-state index in [1.54, 1.807) is 28.8 Å². The van der Waals surface area contributed by atoms with Gasteiger partial charge in [0, 0.05) is 25.5 Å². The van der Waals surface area contributed by atoms with Gasteiger partial charge >= 0.3 is 0 Å². The number of benzene rings is 1. The summed E-state index contributed by atoms with van der Waals surface area (Å²) in [5, 5.41) is 2.68. The van der Waals surface area contributed by atoms with Gasteiger partial charge in [0.2, 0.25) is 0 Å². The molecule has 3 heterocycles. The van der Waals surface area contributed by atoms with Gasteiger partial charge in [-0.25, -0.2) is 9.97 Å². The van der Waals surface area contributed by atoms with Gasteiger partial charge in [0.1, 0.15) is 0 Å². The van der Waals surface area contributed by atoms with Crippen molar-refractivity contribution in [2.75, 3.05) is 11.4 Å². The molecule has 5 nitrogen and oxygen atoms in total. The number of anilines is 1. The zero-order valence-corrected chi connectivity index (χ0v) is 16.3. The molecule has 1 amide bonds. The lowest BCUT2D eigenvalue weighted by Gasteiger charge is -2.19. The number of aromatic nitrogens is 3. The molecule has 1 aromatic carbocycles. The van der Waals surface area contributed by atoms with E-state index < -0.39 is 0 Å². The second kappa shape index (κ2) is 8.44. The van der Waals surface area contributed by atoms with E-state index in [0.29, 0.717) is 6.54 Å². The van der Waals surface area contributed by atoms with Crippen LogP contribution in [0.2, 0.25) is 0 Å². The molecule has 134 valence electrons. The number of thiophene rings is 1. The smallest absolute Gasteiger partial charge is 0.270 e. The van der Waals surface area contributed by atoms with Crippen molar-refractivity contribution in [2.45, 2.75) is 13.0 Å². The van der Waals surface area contributed by atoms with Crippen LogP contribution in [0.3, 0.4) is 0 Å². The van der Waals surface area contributed by atoms with E-state index >= 15 is 0 Å². The molecular formula is C18H17ClN4OS2. The van der Waals surface area contributed by atoms with Crippen LogP contribution in [0.25, 0.3) is 10.2 Å². The van der Waals surface area contributed by atoms with Crippen LogP contribution >= 0.6 is 35.1 Å². The average molecular weight is 405 g/mol. The van der Waals surface area contributed by atoms with Crippen molar-refractivity contribution in [3.8, 4) is 0 Å². The van der Waals surface area contributed by atoms with Gasteiger partial charge < -0.3 is 4.57 Å². The molecule has 4 aromatic rings. The number of carbonyl (C=O) groups is 1. The van der Waals surface area contributed by atoms with Gasteiger partial charge in [0.15, 0.2) is 5.13 Å². The number of fused-ring (bicyclic) bond motifs is 1. The molecule has 0 aliphatic heterocycles. The number of thiazole rings is 1. The van der Waals surface area contributed by atoms with Crippen molar-refractivity contribution in [3.63, 3.8) is 0 Å². The summed E-state index contributed by atoms with van der Waals surface area (Å²) >= 11 is 3.02. The maximum Gasteiger partial charge on any atom is 0.270 e. The number of rotatable bonds is 6. The van der Waals surface area contributed by atoms with Crippen molar-refractivity contribution in [1.29, 1.82) is 0 Å². The van der Waals surface area contributed by atoms with Crippen LogP contribution in [-0.4, -0.2) is 27.0 Å². The van der Waals surface area contributed by atoms with E-state index in [-0.39, 0.29) is 18.3 Å². The second-order valence-corrected chi connectivity index (χ2v) is 7.51. The Morgan fingerprint density at radius 2 is 2.08 bits per heavy atom. The van der Waals surface area contributed by atoms with Crippen LogP contribution in [-0.2, 0) is 6.54 Å². The number of nitrogens with zero attached hydrogens (tertiary/aromatic N) is 4. The summed E-state index contributed by atoms with van der Waals surface area (Å²) in [6.45, 7) is 1.44. The molecule has 4 rings (SSSR count). The predicted molar refractivity (Wildman–Crippen MR) is 110 cm³/mol. The first kappa shape index (κ1) is 18.6. The number of hydrogen-bond donors (Lipinski definition) is 0. The third-order valence-electron chi connectivity index (χ3n) is 3.85. The Morgan fingerprint density at radius 3 is 2.81 bits per heavy atom. The highest BCUT2D eigenvalue weighted by atomic mass is 35.5. The zero-order chi connectivity index (χ0) is 17.1. The number of imidazole rings is 1. The van der Waals surface area contributed by atoms with Gasteiger partial charge in [-0.05, 0) is 30.0 Å². The van der Waals surface area contributed by atoms with Crippen LogP contribution < -0.4 is 4.90 Å². The summed E-state index contributed by atoms with van der Waals surface area (Å²) in [5.74, 6) is 0.0136.